The van der Waals surface area contributed by atoms with E-state index in [4.69, 9.17) is 10.2 Å². The van der Waals surface area contributed by atoms with Crippen LogP contribution in [0.3, 0.4) is 0 Å². The van der Waals surface area contributed by atoms with Gasteiger partial charge in [0.05, 0.1) is 0 Å². The monoisotopic (exact) mass is 145 g/mol. The minimum atomic E-state index is -1.47. The second kappa shape index (κ2) is 4.69. The summed E-state index contributed by atoms with van der Waals surface area (Å²) in [6.07, 6.45) is 4.40. The summed E-state index contributed by atoms with van der Waals surface area (Å²) >= 11 is 0. The van der Waals surface area contributed by atoms with Gasteiger partial charge in [-0.15, -0.1) is 0 Å². The van der Waals surface area contributed by atoms with Gasteiger partial charge in [0, 0.05) is 6.42 Å². The molecular formula is C8H17O2. The van der Waals surface area contributed by atoms with Crippen molar-refractivity contribution in [1.82, 2.24) is 0 Å². The second-order valence-electron chi connectivity index (χ2n) is 2.88. The Morgan fingerprint density at radius 3 is 2.20 bits per heavy atom. The predicted octanol–water partition coefficient (Wildman–Crippen LogP) is 1.47. The van der Waals surface area contributed by atoms with Gasteiger partial charge in [-0.05, 0) is 13.3 Å². The van der Waals surface area contributed by atoms with Crippen molar-refractivity contribution in [3.05, 3.63) is 6.92 Å². The van der Waals surface area contributed by atoms with Gasteiger partial charge in [-0.1, -0.05) is 26.2 Å². The Morgan fingerprint density at radius 2 is 1.80 bits per heavy atom. The van der Waals surface area contributed by atoms with Crippen molar-refractivity contribution in [3.63, 3.8) is 0 Å². The molecule has 0 aliphatic heterocycles. The lowest BCUT2D eigenvalue weighted by Crippen LogP contribution is -2.22. The lowest BCUT2D eigenvalue weighted by atomic mass is 10.1. The summed E-state index contributed by atoms with van der Waals surface area (Å²) < 4.78 is 0. The van der Waals surface area contributed by atoms with Gasteiger partial charge < -0.3 is 10.2 Å². The van der Waals surface area contributed by atoms with Crippen LogP contribution >= 0.6 is 0 Å². The molecule has 0 saturated carbocycles. The van der Waals surface area contributed by atoms with E-state index in [1.807, 2.05) is 0 Å². The molecule has 0 aliphatic rings. The molecule has 10 heavy (non-hydrogen) atoms. The first kappa shape index (κ1) is 9.92. The first-order chi connectivity index (χ1) is 4.56. The summed E-state index contributed by atoms with van der Waals surface area (Å²) in [5.74, 6) is -1.47. The summed E-state index contributed by atoms with van der Waals surface area (Å²) in [4.78, 5) is 0. The van der Waals surface area contributed by atoms with Gasteiger partial charge in [0.2, 0.25) is 0 Å². The van der Waals surface area contributed by atoms with E-state index in [-0.39, 0.29) is 0 Å². The molecule has 0 aliphatic carbocycles. The fraction of sp³-hybridized carbons (Fsp3) is 0.875. The van der Waals surface area contributed by atoms with Crippen molar-refractivity contribution in [2.75, 3.05) is 0 Å². The van der Waals surface area contributed by atoms with Gasteiger partial charge >= 0.3 is 0 Å². The molecule has 0 spiro atoms. The molecule has 0 rings (SSSR count). The molecule has 0 unspecified atom stereocenters. The average molecular weight is 145 g/mol. The molecule has 0 atom stereocenters. The Labute approximate surface area is 62.9 Å². The maximum Gasteiger partial charge on any atom is 0.159 e. The molecule has 0 aromatic rings. The van der Waals surface area contributed by atoms with Crippen molar-refractivity contribution in [1.29, 1.82) is 0 Å². The number of hydrogen-bond donors (Lipinski definition) is 2. The lowest BCUT2D eigenvalue weighted by Gasteiger charge is -2.14. The first-order valence-corrected chi connectivity index (χ1v) is 3.80. The highest BCUT2D eigenvalue weighted by Gasteiger charge is 2.12. The molecule has 1 radical (unpaired) electrons. The van der Waals surface area contributed by atoms with Gasteiger partial charge in [-0.3, -0.25) is 0 Å². The molecule has 0 aromatic carbocycles. The number of hydrogen-bond acceptors (Lipinski definition) is 2. The minimum absolute atomic E-state index is 0.465. The van der Waals surface area contributed by atoms with E-state index in [0.717, 1.165) is 25.7 Å². The Morgan fingerprint density at radius 1 is 1.20 bits per heavy atom. The maximum absolute atomic E-state index is 8.86. The van der Waals surface area contributed by atoms with Gasteiger partial charge in [0.15, 0.2) is 5.79 Å². The lowest BCUT2D eigenvalue weighted by molar-refractivity contribution is -0.150. The summed E-state index contributed by atoms with van der Waals surface area (Å²) in [6.45, 7) is 5.11. The van der Waals surface area contributed by atoms with E-state index >= 15 is 0 Å². The van der Waals surface area contributed by atoms with Crippen LogP contribution in [0, 0.1) is 6.92 Å². The predicted molar refractivity (Wildman–Crippen MR) is 41.3 cm³/mol. The number of aliphatic hydroxyl groups is 2. The van der Waals surface area contributed by atoms with Crippen molar-refractivity contribution < 1.29 is 10.2 Å². The number of unbranched alkanes of at least 4 members (excludes halogenated alkanes) is 3. The minimum Gasteiger partial charge on any atom is -0.366 e. The average Bonchev–Trinajstić information content (AvgIpc) is 1.78. The molecule has 2 N–H and O–H groups in total. The third-order valence-corrected chi connectivity index (χ3v) is 1.40. The largest absolute Gasteiger partial charge is 0.366 e. The molecule has 0 heterocycles. The van der Waals surface area contributed by atoms with Crippen molar-refractivity contribution in [2.24, 2.45) is 0 Å². The van der Waals surface area contributed by atoms with E-state index in [0.29, 0.717) is 6.42 Å². The van der Waals surface area contributed by atoms with Crippen molar-refractivity contribution in [3.8, 4) is 0 Å². The Kier molecular flexibility index (Phi) is 4.65. The number of rotatable bonds is 5. The molecule has 0 saturated heterocycles. The summed E-state index contributed by atoms with van der Waals surface area (Å²) in [7, 11) is 0. The van der Waals surface area contributed by atoms with Gasteiger partial charge in [0.1, 0.15) is 0 Å². The van der Waals surface area contributed by atoms with Crippen molar-refractivity contribution >= 4 is 0 Å². The van der Waals surface area contributed by atoms with E-state index in [1.165, 1.54) is 6.92 Å². The van der Waals surface area contributed by atoms with Gasteiger partial charge in [-0.2, -0.15) is 0 Å². The zero-order chi connectivity index (χ0) is 8.04. The Balaban J connectivity index is 3.04. The smallest absolute Gasteiger partial charge is 0.159 e. The van der Waals surface area contributed by atoms with Crippen LogP contribution < -0.4 is 0 Å². The van der Waals surface area contributed by atoms with Crippen LogP contribution in [0.2, 0.25) is 0 Å². The van der Waals surface area contributed by atoms with E-state index in [2.05, 4.69) is 6.92 Å². The molecule has 0 fully saturated rings. The highest BCUT2D eigenvalue weighted by molar-refractivity contribution is 4.56. The fourth-order valence-corrected chi connectivity index (χ4v) is 0.813. The van der Waals surface area contributed by atoms with Gasteiger partial charge in [-0.25, -0.2) is 0 Å². The highest BCUT2D eigenvalue weighted by Crippen LogP contribution is 2.11. The topological polar surface area (TPSA) is 40.5 Å². The maximum atomic E-state index is 8.86. The van der Waals surface area contributed by atoms with Crippen LogP contribution in [0.25, 0.3) is 0 Å². The van der Waals surface area contributed by atoms with E-state index in [9.17, 15) is 0 Å². The standard InChI is InChI=1S/C8H17O2/c1-3-4-5-6-7-8(2,9)10/h9-10H,1,3-7H2,2H3. The van der Waals surface area contributed by atoms with Crippen LogP contribution in [0.1, 0.15) is 39.0 Å². The Bertz CT molecular complexity index is 73.8. The van der Waals surface area contributed by atoms with Crippen molar-refractivity contribution in [2.45, 2.75) is 44.8 Å². The normalized spacial score (nSPS) is 12.0. The Hall–Kier alpha value is -0.0800. The van der Waals surface area contributed by atoms with Crippen LogP contribution in [0.5, 0.6) is 0 Å². The fourth-order valence-electron chi connectivity index (χ4n) is 0.813. The summed E-state index contributed by atoms with van der Waals surface area (Å²) in [5.41, 5.74) is 0. The van der Waals surface area contributed by atoms with E-state index in [1.54, 1.807) is 0 Å². The third kappa shape index (κ3) is 7.92. The van der Waals surface area contributed by atoms with E-state index < -0.39 is 5.79 Å². The van der Waals surface area contributed by atoms with Crippen LogP contribution in [0.15, 0.2) is 0 Å². The molecule has 2 nitrogen and oxygen atoms in total. The molecule has 2 heteroatoms. The molecule has 0 amide bonds. The molecular weight excluding hydrogens is 128 g/mol. The molecule has 61 valence electrons. The van der Waals surface area contributed by atoms with Crippen LogP contribution in [-0.2, 0) is 0 Å². The van der Waals surface area contributed by atoms with Crippen LogP contribution in [-0.4, -0.2) is 16.0 Å². The molecule has 0 aromatic heterocycles. The summed E-state index contributed by atoms with van der Waals surface area (Å²) in [5, 5.41) is 17.7. The zero-order valence-corrected chi connectivity index (χ0v) is 6.64. The zero-order valence-electron chi connectivity index (χ0n) is 6.64. The third-order valence-electron chi connectivity index (χ3n) is 1.40. The second-order valence-corrected chi connectivity index (χ2v) is 2.88. The molecule has 0 bridgehead atoms. The quantitative estimate of drug-likeness (QED) is 0.454. The van der Waals surface area contributed by atoms with Gasteiger partial charge in [0.25, 0.3) is 0 Å². The first-order valence-electron chi connectivity index (χ1n) is 3.80. The highest BCUT2D eigenvalue weighted by atomic mass is 16.5. The van der Waals surface area contributed by atoms with Crippen LogP contribution in [0.4, 0.5) is 0 Å². The summed E-state index contributed by atoms with van der Waals surface area (Å²) in [6, 6.07) is 0. The SMILES string of the molecule is [CH2]CCCCCC(C)(O)O.